The molecule has 0 heterocycles. The van der Waals surface area contributed by atoms with Crippen LogP contribution in [0, 0.1) is 0 Å². The van der Waals surface area contributed by atoms with Gasteiger partial charge in [-0.2, -0.15) is 0 Å². The first kappa shape index (κ1) is 11.7. The van der Waals surface area contributed by atoms with Crippen LogP contribution in [0.3, 0.4) is 0 Å². The first-order chi connectivity index (χ1) is 5.81. The average molecular weight is 170 g/mol. The van der Waals surface area contributed by atoms with Crippen LogP contribution in [0.5, 0.6) is 0 Å². The first-order valence-corrected chi connectivity index (χ1v) is 5.00. The molecular formula is C11H22O. The van der Waals surface area contributed by atoms with Crippen LogP contribution in [-0.4, -0.2) is 13.2 Å². The Morgan fingerprint density at radius 2 is 2.00 bits per heavy atom. The third kappa shape index (κ3) is 7.80. The standard InChI is InChI=1S/C11H22O/c1-4-9-12-10-7-6-8-11(3)5-2/h5H,4,6-10H2,1-3H3. The van der Waals surface area contributed by atoms with Gasteiger partial charge in [-0.25, -0.2) is 0 Å². The molecule has 72 valence electrons. The van der Waals surface area contributed by atoms with Crippen LogP contribution in [0.4, 0.5) is 0 Å². The van der Waals surface area contributed by atoms with Gasteiger partial charge in [0, 0.05) is 13.2 Å². The van der Waals surface area contributed by atoms with Crippen molar-refractivity contribution in [3.05, 3.63) is 11.6 Å². The van der Waals surface area contributed by atoms with Gasteiger partial charge in [-0.3, -0.25) is 0 Å². The zero-order chi connectivity index (χ0) is 9.23. The van der Waals surface area contributed by atoms with Gasteiger partial charge in [-0.1, -0.05) is 18.6 Å². The molecule has 0 radical (unpaired) electrons. The Bertz CT molecular complexity index is 116. The molecule has 0 saturated heterocycles. The minimum absolute atomic E-state index is 0.919. The van der Waals surface area contributed by atoms with Gasteiger partial charge < -0.3 is 4.74 Å². The SMILES string of the molecule is CC=C(C)CCCCOCCC. The molecule has 0 aromatic heterocycles. The van der Waals surface area contributed by atoms with E-state index in [9.17, 15) is 0 Å². The van der Waals surface area contributed by atoms with E-state index in [-0.39, 0.29) is 0 Å². The summed E-state index contributed by atoms with van der Waals surface area (Å²) in [6.07, 6.45) is 7.01. The zero-order valence-corrected chi connectivity index (χ0v) is 8.73. The minimum atomic E-state index is 0.919. The Morgan fingerprint density at radius 1 is 1.25 bits per heavy atom. The Balaban J connectivity index is 3.00. The number of rotatable bonds is 7. The van der Waals surface area contributed by atoms with Gasteiger partial charge in [-0.15, -0.1) is 0 Å². The molecule has 0 saturated carbocycles. The van der Waals surface area contributed by atoms with Crippen molar-refractivity contribution in [1.29, 1.82) is 0 Å². The third-order valence-electron chi connectivity index (χ3n) is 1.95. The predicted octanol–water partition coefficient (Wildman–Crippen LogP) is 3.55. The summed E-state index contributed by atoms with van der Waals surface area (Å²) in [7, 11) is 0. The van der Waals surface area contributed by atoms with E-state index >= 15 is 0 Å². The summed E-state index contributed by atoms with van der Waals surface area (Å²) in [5.41, 5.74) is 1.49. The molecule has 0 amide bonds. The molecule has 0 bridgehead atoms. The highest BCUT2D eigenvalue weighted by Gasteiger charge is 1.90. The van der Waals surface area contributed by atoms with Crippen LogP contribution in [0.2, 0.25) is 0 Å². The van der Waals surface area contributed by atoms with E-state index in [4.69, 9.17) is 4.74 Å². The maximum absolute atomic E-state index is 5.38. The van der Waals surface area contributed by atoms with Gasteiger partial charge in [0.25, 0.3) is 0 Å². The quantitative estimate of drug-likeness (QED) is 0.419. The highest BCUT2D eigenvalue weighted by molar-refractivity contribution is 4.94. The predicted molar refractivity (Wildman–Crippen MR) is 54.4 cm³/mol. The van der Waals surface area contributed by atoms with Gasteiger partial charge in [0.05, 0.1) is 0 Å². The van der Waals surface area contributed by atoms with Crippen LogP contribution < -0.4 is 0 Å². The van der Waals surface area contributed by atoms with Gasteiger partial charge in [0.1, 0.15) is 0 Å². The smallest absolute Gasteiger partial charge is 0.0466 e. The van der Waals surface area contributed by atoms with E-state index in [1.807, 2.05) is 0 Å². The fraction of sp³-hybridized carbons (Fsp3) is 0.818. The number of hydrogen-bond donors (Lipinski definition) is 0. The molecule has 0 aromatic carbocycles. The molecule has 0 rings (SSSR count). The van der Waals surface area contributed by atoms with E-state index in [2.05, 4.69) is 26.8 Å². The van der Waals surface area contributed by atoms with Crippen molar-refractivity contribution in [2.75, 3.05) is 13.2 Å². The summed E-state index contributed by atoms with van der Waals surface area (Å²) in [6, 6.07) is 0. The second-order valence-electron chi connectivity index (χ2n) is 3.20. The maximum atomic E-state index is 5.38. The fourth-order valence-electron chi connectivity index (χ4n) is 0.999. The molecule has 0 atom stereocenters. The monoisotopic (exact) mass is 170 g/mol. The van der Waals surface area contributed by atoms with Crippen LogP contribution in [0.15, 0.2) is 11.6 Å². The Hall–Kier alpha value is -0.300. The molecule has 0 aliphatic rings. The average Bonchev–Trinajstić information content (AvgIpc) is 2.10. The Morgan fingerprint density at radius 3 is 2.58 bits per heavy atom. The molecule has 0 spiro atoms. The van der Waals surface area contributed by atoms with E-state index in [0.717, 1.165) is 19.6 Å². The highest BCUT2D eigenvalue weighted by Crippen LogP contribution is 2.05. The van der Waals surface area contributed by atoms with E-state index in [1.54, 1.807) is 0 Å². The maximum Gasteiger partial charge on any atom is 0.0466 e. The van der Waals surface area contributed by atoms with E-state index < -0.39 is 0 Å². The van der Waals surface area contributed by atoms with Gasteiger partial charge in [0.2, 0.25) is 0 Å². The summed E-state index contributed by atoms with van der Waals surface area (Å²) >= 11 is 0. The molecular weight excluding hydrogens is 148 g/mol. The van der Waals surface area contributed by atoms with Crippen molar-refractivity contribution < 1.29 is 4.74 Å². The van der Waals surface area contributed by atoms with Crippen molar-refractivity contribution in [2.24, 2.45) is 0 Å². The van der Waals surface area contributed by atoms with Gasteiger partial charge in [0.15, 0.2) is 0 Å². The number of unbranched alkanes of at least 4 members (excludes halogenated alkanes) is 1. The molecule has 1 nitrogen and oxygen atoms in total. The summed E-state index contributed by atoms with van der Waals surface area (Å²) in [5, 5.41) is 0. The van der Waals surface area contributed by atoms with E-state index in [1.165, 1.54) is 24.8 Å². The molecule has 0 aliphatic heterocycles. The molecule has 0 aromatic rings. The van der Waals surface area contributed by atoms with Gasteiger partial charge >= 0.3 is 0 Å². The normalized spacial score (nSPS) is 12.1. The Labute approximate surface area is 76.8 Å². The second kappa shape index (κ2) is 8.79. The Kier molecular flexibility index (Phi) is 8.57. The van der Waals surface area contributed by atoms with Crippen molar-refractivity contribution in [3.8, 4) is 0 Å². The summed E-state index contributed by atoms with van der Waals surface area (Å²) in [5.74, 6) is 0. The van der Waals surface area contributed by atoms with Crippen molar-refractivity contribution in [3.63, 3.8) is 0 Å². The highest BCUT2D eigenvalue weighted by atomic mass is 16.5. The van der Waals surface area contributed by atoms with Crippen LogP contribution in [0.1, 0.15) is 46.5 Å². The number of ether oxygens (including phenoxy) is 1. The topological polar surface area (TPSA) is 9.23 Å². The molecule has 12 heavy (non-hydrogen) atoms. The lowest BCUT2D eigenvalue weighted by atomic mass is 10.1. The van der Waals surface area contributed by atoms with Crippen LogP contribution >= 0.6 is 0 Å². The fourth-order valence-corrected chi connectivity index (χ4v) is 0.999. The summed E-state index contributed by atoms with van der Waals surface area (Å²) < 4.78 is 5.38. The number of allylic oxidation sites excluding steroid dienone is 2. The van der Waals surface area contributed by atoms with Crippen molar-refractivity contribution in [2.45, 2.75) is 46.5 Å². The zero-order valence-electron chi connectivity index (χ0n) is 8.73. The molecule has 0 aliphatic carbocycles. The second-order valence-corrected chi connectivity index (χ2v) is 3.20. The lowest BCUT2D eigenvalue weighted by Gasteiger charge is -2.02. The van der Waals surface area contributed by atoms with E-state index in [0.29, 0.717) is 0 Å². The summed E-state index contributed by atoms with van der Waals surface area (Å²) in [4.78, 5) is 0. The van der Waals surface area contributed by atoms with Crippen LogP contribution in [-0.2, 0) is 4.74 Å². The van der Waals surface area contributed by atoms with Crippen molar-refractivity contribution >= 4 is 0 Å². The lowest BCUT2D eigenvalue weighted by Crippen LogP contribution is -1.95. The summed E-state index contributed by atoms with van der Waals surface area (Å²) in [6.45, 7) is 8.28. The largest absolute Gasteiger partial charge is 0.381 e. The molecule has 0 unspecified atom stereocenters. The van der Waals surface area contributed by atoms with Crippen LogP contribution in [0.25, 0.3) is 0 Å². The molecule has 0 N–H and O–H groups in total. The van der Waals surface area contributed by atoms with Crippen molar-refractivity contribution in [1.82, 2.24) is 0 Å². The third-order valence-corrected chi connectivity index (χ3v) is 1.95. The van der Waals surface area contributed by atoms with Gasteiger partial charge in [-0.05, 0) is 39.5 Å². The lowest BCUT2D eigenvalue weighted by molar-refractivity contribution is 0.131. The first-order valence-electron chi connectivity index (χ1n) is 5.00. The molecule has 1 heteroatoms. The molecule has 0 fully saturated rings. The number of hydrogen-bond acceptors (Lipinski definition) is 1. The minimum Gasteiger partial charge on any atom is -0.381 e.